The highest BCUT2D eigenvalue weighted by Gasteiger charge is 2.24. The zero-order valence-electron chi connectivity index (χ0n) is 14.4. The summed E-state index contributed by atoms with van der Waals surface area (Å²) in [5, 5.41) is 0.512. The van der Waals surface area contributed by atoms with Gasteiger partial charge in [0.25, 0.3) is 0 Å². The zero-order chi connectivity index (χ0) is 17.1. The van der Waals surface area contributed by atoms with Gasteiger partial charge >= 0.3 is 0 Å². The Kier molecular flexibility index (Phi) is 5.14. The molecular weight excluding hydrogens is 318 g/mol. The molecule has 0 aliphatic carbocycles. The van der Waals surface area contributed by atoms with E-state index in [9.17, 15) is 4.79 Å². The second kappa shape index (κ2) is 7.31. The number of para-hydroxylation sites is 1. The number of fused-ring (bicyclic) bond motifs is 1. The minimum absolute atomic E-state index is 0.126. The fourth-order valence-electron chi connectivity index (χ4n) is 3.05. The van der Waals surface area contributed by atoms with E-state index in [1.54, 1.807) is 7.11 Å². The van der Waals surface area contributed by atoms with E-state index in [4.69, 9.17) is 4.74 Å². The summed E-state index contributed by atoms with van der Waals surface area (Å²) < 4.78 is 5.42. The lowest BCUT2D eigenvalue weighted by molar-refractivity contribution is -0.118. The molecule has 0 saturated carbocycles. The maximum atomic E-state index is 13.0. The van der Waals surface area contributed by atoms with Gasteiger partial charge in [0, 0.05) is 22.3 Å². The fourth-order valence-corrected chi connectivity index (χ4v) is 4.16. The van der Waals surface area contributed by atoms with E-state index >= 15 is 0 Å². The van der Waals surface area contributed by atoms with E-state index in [0.29, 0.717) is 11.7 Å². The van der Waals surface area contributed by atoms with Crippen LogP contribution in [-0.4, -0.2) is 24.8 Å². The maximum Gasteiger partial charge on any atom is 0.231 e. The molecule has 2 aromatic rings. The molecule has 0 N–H and O–H groups in total. The lowest BCUT2D eigenvalue weighted by Crippen LogP contribution is -2.33. The number of rotatable bonds is 3. The van der Waals surface area contributed by atoms with Crippen molar-refractivity contribution in [2.24, 2.45) is 0 Å². The first-order valence-electron chi connectivity index (χ1n) is 8.28. The van der Waals surface area contributed by atoms with Crippen molar-refractivity contribution in [1.29, 1.82) is 0 Å². The van der Waals surface area contributed by atoms with Crippen molar-refractivity contribution in [2.75, 3.05) is 18.6 Å². The highest BCUT2D eigenvalue weighted by molar-refractivity contribution is 8.00. The molecule has 0 saturated heterocycles. The molecule has 1 atom stereocenters. The van der Waals surface area contributed by atoms with E-state index in [1.165, 1.54) is 4.90 Å². The topological polar surface area (TPSA) is 29.5 Å². The minimum Gasteiger partial charge on any atom is -0.496 e. The Bertz CT molecular complexity index is 744. The van der Waals surface area contributed by atoms with Crippen molar-refractivity contribution in [3.63, 3.8) is 0 Å². The third kappa shape index (κ3) is 3.59. The second-order valence-corrected chi connectivity index (χ2v) is 7.70. The van der Waals surface area contributed by atoms with Crippen LogP contribution < -0.4 is 9.64 Å². The van der Waals surface area contributed by atoms with Crippen LogP contribution in [0.15, 0.2) is 47.4 Å². The lowest BCUT2D eigenvalue weighted by Gasteiger charge is -2.23. The molecule has 0 fully saturated rings. The van der Waals surface area contributed by atoms with Crippen LogP contribution in [0.2, 0.25) is 0 Å². The Morgan fingerprint density at radius 3 is 2.88 bits per heavy atom. The van der Waals surface area contributed by atoms with Crippen LogP contribution in [0.4, 0.5) is 5.69 Å². The van der Waals surface area contributed by atoms with Crippen molar-refractivity contribution < 1.29 is 9.53 Å². The summed E-state index contributed by atoms with van der Waals surface area (Å²) in [6.45, 7) is 5.02. The Balaban J connectivity index is 1.89. The molecule has 1 aliphatic heterocycles. The van der Waals surface area contributed by atoms with Gasteiger partial charge in [-0.15, -0.1) is 11.8 Å². The zero-order valence-corrected chi connectivity index (χ0v) is 15.2. The van der Waals surface area contributed by atoms with Crippen LogP contribution in [-0.2, 0) is 11.2 Å². The summed E-state index contributed by atoms with van der Waals surface area (Å²) in [5.74, 6) is 0.904. The fraction of sp³-hybridized carbons (Fsp3) is 0.350. The standard InChI is InChI=1S/C20H23NO2S/c1-14-8-9-18(23-3)16(12-14)13-20(22)21-11-10-15(2)24-19-7-5-4-6-17(19)21/h4-9,12,15H,10-11,13H2,1-3H3/t15-/m1/s1. The molecule has 0 unspecified atom stereocenters. The van der Waals surface area contributed by atoms with Crippen LogP contribution in [0.5, 0.6) is 5.75 Å². The summed E-state index contributed by atoms with van der Waals surface area (Å²) >= 11 is 1.85. The molecule has 0 radical (unpaired) electrons. The van der Waals surface area contributed by atoms with Gasteiger partial charge in [0.15, 0.2) is 0 Å². The van der Waals surface area contributed by atoms with Crippen molar-refractivity contribution in [3.05, 3.63) is 53.6 Å². The van der Waals surface area contributed by atoms with Gasteiger partial charge in [-0.3, -0.25) is 4.79 Å². The van der Waals surface area contributed by atoms with Crippen molar-refractivity contribution in [3.8, 4) is 5.75 Å². The molecule has 0 bridgehead atoms. The van der Waals surface area contributed by atoms with Crippen molar-refractivity contribution in [1.82, 2.24) is 0 Å². The summed E-state index contributed by atoms with van der Waals surface area (Å²) in [7, 11) is 1.65. The number of carbonyl (C=O) groups is 1. The first-order chi connectivity index (χ1) is 11.6. The maximum absolute atomic E-state index is 13.0. The SMILES string of the molecule is COc1ccc(C)cc1CC(=O)N1CC[C@@H](C)Sc2ccccc21. The highest BCUT2D eigenvalue weighted by Crippen LogP contribution is 2.37. The van der Waals surface area contributed by atoms with Gasteiger partial charge in [-0.2, -0.15) is 0 Å². The number of aryl methyl sites for hydroxylation is 1. The van der Waals surface area contributed by atoms with Gasteiger partial charge in [0.1, 0.15) is 5.75 Å². The average Bonchev–Trinajstić information content (AvgIpc) is 2.73. The molecule has 3 nitrogen and oxygen atoms in total. The molecule has 2 aromatic carbocycles. The summed E-state index contributed by atoms with van der Waals surface area (Å²) in [5.41, 5.74) is 3.12. The van der Waals surface area contributed by atoms with Crippen LogP contribution in [0.3, 0.4) is 0 Å². The predicted octanol–water partition coefficient (Wildman–Crippen LogP) is 4.46. The third-order valence-corrected chi connectivity index (χ3v) is 5.56. The Morgan fingerprint density at radius 1 is 1.29 bits per heavy atom. The molecule has 1 aliphatic rings. The van der Waals surface area contributed by atoms with E-state index in [-0.39, 0.29) is 5.91 Å². The normalized spacial score (nSPS) is 17.1. The van der Waals surface area contributed by atoms with E-state index < -0.39 is 0 Å². The molecule has 4 heteroatoms. The van der Waals surface area contributed by atoms with Crippen LogP contribution >= 0.6 is 11.8 Å². The average molecular weight is 341 g/mol. The Labute approximate surface area is 148 Å². The molecule has 1 amide bonds. The molecule has 24 heavy (non-hydrogen) atoms. The van der Waals surface area contributed by atoms with Gasteiger partial charge in [-0.25, -0.2) is 0 Å². The molecule has 3 rings (SSSR count). The highest BCUT2D eigenvalue weighted by atomic mass is 32.2. The first kappa shape index (κ1) is 16.9. The number of benzene rings is 2. The van der Waals surface area contributed by atoms with Gasteiger partial charge in [0.05, 0.1) is 19.2 Å². The monoisotopic (exact) mass is 341 g/mol. The quantitative estimate of drug-likeness (QED) is 0.825. The molecule has 0 aromatic heterocycles. The number of anilines is 1. The first-order valence-corrected chi connectivity index (χ1v) is 9.16. The lowest BCUT2D eigenvalue weighted by atomic mass is 10.1. The number of thioether (sulfide) groups is 1. The molecular formula is C20H23NO2S. The predicted molar refractivity (Wildman–Crippen MR) is 100 cm³/mol. The Hall–Kier alpha value is -1.94. The number of methoxy groups -OCH3 is 1. The molecule has 0 spiro atoms. The van der Waals surface area contributed by atoms with E-state index in [1.807, 2.05) is 60.0 Å². The number of hydrogen-bond donors (Lipinski definition) is 0. The van der Waals surface area contributed by atoms with Crippen LogP contribution in [0.25, 0.3) is 0 Å². The number of hydrogen-bond acceptors (Lipinski definition) is 3. The van der Waals surface area contributed by atoms with Crippen LogP contribution in [0.1, 0.15) is 24.5 Å². The third-order valence-electron chi connectivity index (χ3n) is 4.32. The summed E-state index contributed by atoms with van der Waals surface area (Å²) in [4.78, 5) is 16.2. The summed E-state index contributed by atoms with van der Waals surface area (Å²) in [6, 6.07) is 14.2. The van der Waals surface area contributed by atoms with Gasteiger partial charge < -0.3 is 9.64 Å². The smallest absolute Gasteiger partial charge is 0.231 e. The van der Waals surface area contributed by atoms with Gasteiger partial charge in [-0.1, -0.05) is 36.8 Å². The second-order valence-electron chi connectivity index (χ2n) is 6.22. The van der Waals surface area contributed by atoms with E-state index in [2.05, 4.69) is 13.0 Å². The largest absolute Gasteiger partial charge is 0.496 e. The van der Waals surface area contributed by atoms with Gasteiger partial charge in [0.2, 0.25) is 5.91 Å². The van der Waals surface area contributed by atoms with Crippen molar-refractivity contribution >= 4 is 23.4 Å². The van der Waals surface area contributed by atoms with E-state index in [0.717, 1.165) is 35.5 Å². The van der Waals surface area contributed by atoms with Crippen LogP contribution in [0, 0.1) is 6.92 Å². The minimum atomic E-state index is 0.126. The number of ether oxygens (including phenoxy) is 1. The number of amides is 1. The number of nitrogens with zero attached hydrogens (tertiary/aromatic N) is 1. The Morgan fingerprint density at radius 2 is 2.08 bits per heavy atom. The number of carbonyl (C=O) groups excluding carboxylic acids is 1. The summed E-state index contributed by atoms with van der Waals surface area (Å²) in [6.07, 6.45) is 1.36. The van der Waals surface area contributed by atoms with Gasteiger partial charge in [-0.05, 0) is 31.5 Å². The molecule has 126 valence electrons. The molecule has 1 heterocycles. The van der Waals surface area contributed by atoms with Crippen molar-refractivity contribution in [2.45, 2.75) is 36.8 Å².